The Morgan fingerprint density at radius 3 is 2.64 bits per heavy atom. The number of nitrogens with zero attached hydrogens (tertiary/aromatic N) is 1. The van der Waals surface area contributed by atoms with Crippen LogP contribution >= 0.6 is 0 Å². The van der Waals surface area contributed by atoms with Crippen LogP contribution in [0.25, 0.3) is 0 Å². The molecule has 22 heavy (non-hydrogen) atoms. The molecule has 4 bridgehead atoms. The molecule has 0 aromatic heterocycles. The molecular formula is C17H25NO3S. The number of fused-ring (bicyclic) bond motifs is 4. The molecule has 5 heteroatoms. The lowest BCUT2D eigenvalue weighted by Gasteiger charge is -2.39. The summed E-state index contributed by atoms with van der Waals surface area (Å²) in [6.07, 6.45) is 9.18. The van der Waals surface area contributed by atoms with E-state index in [0.29, 0.717) is 12.3 Å². The Hall–Kier alpha value is -0.680. The molecule has 2 aliphatic heterocycles. The third kappa shape index (κ3) is 1.72. The first-order valence-corrected chi connectivity index (χ1v) is 10.1. The number of ketones is 1. The summed E-state index contributed by atoms with van der Waals surface area (Å²) in [4.78, 5) is 12.6. The Morgan fingerprint density at radius 1 is 1.27 bits per heavy atom. The highest BCUT2D eigenvalue weighted by molar-refractivity contribution is 7.89. The zero-order valence-electron chi connectivity index (χ0n) is 13.4. The lowest BCUT2D eigenvalue weighted by molar-refractivity contribution is -0.128. The van der Waals surface area contributed by atoms with E-state index < -0.39 is 15.4 Å². The number of hydrogen-bond donors (Lipinski definition) is 0. The maximum atomic E-state index is 13.2. The Labute approximate surface area is 133 Å². The Morgan fingerprint density at radius 2 is 2.05 bits per heavy atom. The zero-order chi connectivity index (χ0) is 15.8. The van der Waals surface area contributed by atoms with Gasteiger partial charge in [0.2, 0.25) is 10.0 Å². The molecule has 0 amide bonds. The molecule has 2 aliphatic carbocycles. The van der Waals surface area contributed by atoms with Gasteiger partial charge in [0.05, 0.1) is 5.75 Å². The van der Waals surface area contributed by atoms with Gasteiger partial charge in [-0.05, 0) is 43.4 Å². The maximum Gasteiger partial charge on any atom is 0.215 e. The van der Waals surface area contributed by atoms with Crippen LogP contribution in [0.2, 0.25) is 0 Å². The molecule has 4 unspecified atom stereocenters. The standard InChI is InChI=1S/C17H25NO3S/c1-16(2)12-8-9-17(16,15(19)10-12)11-22(20,21)18-13-4-3-5-14(18)7-6-13/h3-4,12-14H,5-11H2,1-2H3. The Bertz CT molecular complexity index is 651. The topological polar surface area (TPSA) is 54.5 Å². The molecule has 4 atom stereocenters. The highest BCUT2D eigenvalue weighted by Gasteiger charge is 2.66. The molecule has 122 valence electrons. The molecular weight excluding hydrogens is 298 g/mol. The lowest BCUT2D eigenvalue weighted by Crippen LogP contribution is -2.50. The van der Waals surface area contributed by atoms with Crippen molar-refractivity contribution in [1.82, 2.24) is 4.31 Å². The fourth-order valence-electron chi connectivity index (χ4n) is 5.61. The average molecular weight is 323 g/mol. The smallest absolute Gasteiger partial charge is 0.215 e. The Kier molecular flexibility index (Phi) is 3.01. The third-order valence-electron chi connectivity index (χ3n) is 7.14. The summed E-state index contributed by atoms with van der Waals surface area (Å²) in [5, 5.41) is 0. The molecule has 2 heterocycles. The van der Waals surface area contributed by atoms with E-state index in [-0.39, 0.29) is 29.0 Å². The van der Waals surface area contributed by atoms with Crippen molar-refractivity contribution < 1.29 is 13.2 Å². The highest BCUT2D eigenvalue weighted by atomic mass is 32.2. The molecule has 4 nitrogen and oxygen atoms in total. The van der Waals surface area contributed by atoms with Crippen LogP contribution in [0.4, 0.5) is 0 Å². The van der Waals surface area contributed by atoms with Gasteiger partial charge in [-0.1, -0.05) is 26.0 Å². The first kappa shape index (κ1) is 14.9. The van der Waals surface area contributed by atoms with E-state index in [2.05, 4.69) is 19.9 Å². The van der Waals surface area contributed by atoms with Crippen LogP contribution in [0.15, 0.2) is 12.2 Å². The van der Waals surface area contributed by atoms with Gasteiger partial charge >= 0.3 is 0 Å². The monoisotopic (exact) mass is 323 g/mol. The molecule has 0 aromatic carbocycles. The summed E-state index contributed by atoms with van der Waals surface area (Å²) in [6.45, 7) is 4.21. The van der Waals surface area contributed by atoms with E-state index in [1.165, 1.54) is 0 Å². The molecule has 0 N–H and O–H groups in total. The van der Waals surface area contributed by atoms with E-state index in [0.717, 1.165) is 32.1 Å². The predicted octanol–water partition coefficient (Wildman–Crippen LogP) is 2.50. The van der Waals surface area contributed by atoms with E-state index in [1.54, 1.807) is 4.31 Å². The van der Waals surface area contributed by atoms with E-state index in [4.69, 9.17) is 0 Å². The van der Waals surface area contributed by atoms with E-state index in [1.807, 2.05) is 6.08 Å². The summed E-state index contributed by atoms with van der Waals surface area (Å²) in [5.41, 5.74) is -0.821. The van der Waals surface area contributed by atoms with Gasteiger partial charge in [-0.3, -0.25) is 4.79 Å². The van der Waals surface area contributed by atoms with Crippen molar-refractivity contribution in [1.29, 1.82) is 0 Å². The quantitative estimate of drug-likeness (QED) is 0.750. The van der Waals surface area contributed by atoms with Gasteiger partial charge in [-0.25, -0.2) is 8.42 Å². The van der Waals surface area contributed by atoms with Crippen molar-refractivity contribution >= 4 is 15.8 Å². The molecule has 2 saturated carbocycles. The van der Waals surface area contributed by atoms with Crippen LogP contribution in [0.5, 0.6) is 0 Å². The average Bonchev–Trinajstić information content (AvgIpc) is 2.91. The third-order valence-corrected chi connectivity index (χ3v) is 9.21. The van der Waals surface area contributed by atoms with Crippen molar-refractivity contribution in [2.75, 3.05) is 5.75 Å². The zero-order valence-corrected chi connectivity index (χ0v) is 14.2. The fourth-order valence-corrected chi connectivity index (χ4v) is 8.29. The lowest BCUT2D eigenvalue weighted by atomic mass is 9.70. The summed E-state index contributed by atoms with van der Waals surface area (Å²) in [7, 11) is -3.39. The SMILES string of the molecule is CC1(C)C2CCC1(CS(=O)(=O)N1C3C=CCC1CC3)C(=O)C2. The van der Waals surface area contributed by atoms with Crippen molar-refractivity contribution in [2.45, 2.75) is 64.5 Å². The highest BCUT2D eigenvalue weighted by Crippen LogP contribution is 2.64. The second-order valence-corrected chi connectivity index (χ2v) is 10.1. The second kappa shape index (κ2) is 4.44. The van der Waals surface area contributed by atoms with E-state index >= 15 is 0 Å². The van der Waals surface area contributed by atoms with Crippen LogP contribution in [-0.2, 0) is 14.8 Å². The number of sulfonamides is 1. The van der Waals surface area contributed by atoms with Crippen molar-refractivity contribution in [3.63, 3.8) is 0 Å². The van der Waals surface area contributed by atoms with Crippen LogP contribution in [-0.4, -0.2) is 36.3 Å². The molecule has 0 radical (unpaired) electrons. The number of hydrogen-bond acceptors (Lipinski definition) is 3. The van der Waals surface area contributed by atoms with Crippen LogP contribution in [0, 0.1) is 16.7 Å². The number of Topliss-reactive ketones (excluding diaryl/α,β-unsaturated/α-hetero) is 1. The summed E-state index contributed by atoms with van der Waals surface area (Å²) in [6, 6.07) is 0.144. The molecule has 0 spiro atoms. The summed E-state index contributed by atoms with van der Waals surface area (Å²) >= 11 is 0. The minimum atomic E-state index is -3.39. The molecule has 0 aromatic rings. The summed E-state index contributed by atoms with van der Waals surface area (Å²) in [5.74, 6) is 0.591. The van der Waals surface area contributed by atoms with Crippen molar-refractivity contribution in [3.8, 4) is 0 Å². The number of carbonyl (C=O) groups is 1. The number of rotatable bonds is 3. The molecule has 4 rings (SSSR count). The maximum absolute atomic E-state index is 13.2. The first-order valence-electron chi connectivity index (χ1n) is 8.49. The van der Waals surface area contributed by atoms with Gasteiger partial charge in [-0.15, -0.1) is 0 Å². The number of carbonyl (C=O) groups excluding carboxylic acids is 1. The van der Waals surface area contributed by atoms with E-state index in [9.17, 15) is 13.2 Å². The van der Waals surface area contributed by atoms with Gasteiger partial charge in [0.1, 0.15) is 5.78 Å². The fraction of sp³-hybridized carbons (Fsp3) is 0.824. The molecule has 3 fully saturated rings. The van der Waals surface area contributed by atoms with Crippen molar-refractivity contribution in [3.05, 3.63) is 12.2 Å². The van der Waals surface area contributed by atoms with Gasteiger partial charge in [0.15, 0.2) is 0 Å². The van der Waals surface area contributed by atoms with Crippen molar-refractivity contribution in [2.24, 2.45) is 16.7 Å². The Balaban J connectivity index is 1.68. The van der Waals surface area contributed by atoms with Crippen LogP contribution in [0.3, 0.4) is 0 Å². The van der Waals surface area contributed by atoms with Crippen LogP contribution < -0.4 is 0 Å². The normalized spacial score (nSPS) is 43.2. The first-order chi connectivity index (χ1) is 10.3. The summed E-state index contributed by atoms with van der Waals surface area (Å²) < 4.78 is 28.0. The molecule has 1 saturated heterocycles. The predicted molar refractivity (Wildman–Crippen MR) is 84.8 cm³/mol. The van der Waals surface area contributed by atoms with Gasteiger partial charge < -0.3 is 0 Å². The largest absolute Gasteiger partial charge is 0.299 e. The van der Waals surface area contributed by atoms with Gasteiger partial charge in [0.25, 0.3) is 0 Å². The van der Waals surface area contributed by atoms with Gasteiger partial charge in [-0.2, -0.15) is 4.31 Å². The van der Waals surface area contributed by atoms with Crippen LogP contribution in [0.1, 0.15) is 52.4 Å². The molecule has 4 aliphatic rings. The minimum Gasteiger partial charge on any atom is -0.299 e. The van der Waals surface area contributed by atoms with Gasteiger partial charge in [0, 0.05) is 23.9 Å². The second-order valence-electron chi connectivity index (χ2n) is 8.22. The minimum absolute atomic E-state index is 0.0250.